The summed E-state index contributed by atoms with van der Waals surface area (Å²) in [6.45, 7) is 11.9. The summed E-state index contributed by atoms with van der Waals surface area (Å²) in [5, 5.41) is 3.45. The molecule has 3 heteroatoms. The van der Waals surface area contributed by atoms with E-state index >= 15 is 0 Å². The van der Waals surface area contributed by atoms with Gasteiger partial charge in [-0.25, -0.2) is 4.98 Å². The second-order valence-corrected chi connectivity index (χ2v) is 7.15. The van der Waals surface area contributed by atoms with E-state index in [2.05, 4.69) is 50.1 Å². The molecule has 0 bridgehead atoms. The Bertz CT molecular complexity index is 449. The summed E-state index contributed by atoms with van der Waals surface area (Å²) in [5.41, 5.74) is 2.29. The molecule has 1 N–H and O–H groups in total. The third kappa shape index (κ3) is 5.31. The smallest absolute Gasteiger partial charge is 0.214 e. The van der Waals surface area contributed by atoms with E-state index < -0.39 is 0 Å². The Labute approximate surface area is 129 Å². The molecule has 0 aliphatic heterocycles. The molecular formula is C18H30N2O. The van der Waals surface area contributed by atoms with Crippen LogP contribution in [0.1, 0.15) is 58.2 Å². The number of aryl methyl sites for hydroxylation is 1. The molecule has 0 radical (unpaired) electrons. The third-order valence-electron chi connectivity index (χ3n) is 4.13. The zero-order chi connectivity index (χ0) is 15.4. The monoisotopic (exact) mass is 290 g/mol. The molecule has 1 aliphatic carbocycles. The fraction of sp³-hybridized carbons (Fsp3) is 0.722. The van der Waals surface area contributed by atoms with E-state index in [1.165, 1.54) is 12.0 Å². The van der Waals surface area contributed by atoms with Crippen molar-refractivity contribution >= 4 is 0 Å². The van der Waals surface area contributed by atoms with Gasteiger partial charge in [0.25, 0.3) is 0 Å². The van der Waals surface area contributed by atoms with Gasteiger partial charge in [-0.3, -0.25) is 0 Å². The zero-order valence-electron chi connectivity index (χ0n) is 14.1. The average molecular weight is 290 g/mol. The molecule has 3 nitrogen and oxygen atoms in total. The van der Waals surface area contributed by atoms with Gasteiger partial charge in [0.2, 0.25) is 5.88 Å². The van der Waals surface area contributed by atoms with Gasteiger partial charge in [-0.15, -0.1) is 0 Å². The maximum atomic E-state index is 6.19. The van der Waals surface area contributed by atoms with Gasteiger partial charge < -0.3 is 10.1 Å². The fourth-order valence-electron chi connectivity index (χ4n) is 3.33. The Morgan fingerprint density at radius 1 is 1.19 bits per heavy atom. The topological polar surface area (TPSA) is 34.1 Å². The van der Waals surface area contributed by atoms with Crippen LogP contribution in [0.2, 0.25) is 0 Å². The standard InChI is InChI=1S/C18H30N2O/c1-12(2)19-11-16-9-15(5)20-18(10-16)21-17-7-13(3)6-14(4)8-17/h9-10,12-14,17,19H,6-8,11H2,1-5H3. The van der Waals surface area contributed by atoms with Crippen LogP contribution < -0.4 is 10.1 Å². The van der Waals surface area contributed by atoms with Gasteiger partial charge in [-0.05, 0) is 49.7 Å². The maximum Gasteiger partial charge on any atom is 0.214 e. The molecule has 1 heterocycles. The van der Waals surface area contributed by atoms with Crippen LogP contribution in [0.25, 0.3) is 0 Å². The van der Waals surface area contributed by atoms with Crippen molar-refractivity contribution in [2.75, 3.05) is 0 Å². The predicted molar refractivity (Wildman–Crippen MR) is 87.5 cm³/mol. The lowest BCUT2D eigenvalue weighted by Crippen LogP contribution is -2.29. The van der Waals surface area contributed by atoms with Crippen LogP contribution in [0.5, 0.6) is 5.88 Å². The van der Waals surface area contributed by atoms with Crippen LogP contribution in [0, 0.1) is 18.8 Å². The highest BCUT2D eigenvalue weighted by atomic mass is 16.5. The predicted octanol–water partition coefficient (Wildman–Crippen LogP) is 4.09. The number of hydrogen-bond donors (Lipinski definition) is 1. The number of nitrogens with one attached hydrogen (secondary N) is 1. The van der Waals surface area contributed by atoms with Crippen LogP contribution in [-0.4, -0.2) is 17.1 Å². The summed E-state index contributed by atoms with van der Waals surface area (Å²) in [7, 11) is 0. The fourth-order valence-corrected chi connectivity index (χ4v) is 3.33. The Hall–Kier alpha value is -1.09. The van der Waals surface area contributed by atoms with Crippen LogP contribution in [0.4, 0.5) is 0 Å². The van der Waals surface area contributed by atoms with Gasteiger partial charge in [-0.1, -0.05) is 27.7 Å². The van der Waals surface area contributed by atoms with Crippen LogP contribution >= 0.6 is 0 Å². The van der Waals surface area contributed by atoms with Crippen molar-refractivity contribution in [1.29, 1.82) is 0 Å². The largest absolute Gasteiger partial charge is 0.474 e. The van der Waals surface area contributed by atoms with Gasteiger partial charge in [-0.2, -0.15) is 0 Å². The Morgan fingerprint density at radius 2 is 1.86 bits per heavy atom. The van der Waals surface area contributed by atoms with Crippen LogP contribution in [0.15, 0.2) is 12.1 Å². The summed E-state index contributed by atoms with van der Waals surface area (Å²) in [6.07, 6.45) is 3.95. The minimum absolute atomic E-state index is 0.323. The van der Waals surface area contributed by atoms with Crippen molar-refractivity contribution < 1.29 is 4.74 Å². The highest BCUT2D eigenvalue weighted by Gasteiger charge is 2.25. The number of aromatic nitrogens is 1. The lowest BCUT2D eigenvalue weighted by molar-refractivity contribution is 0.0965. The molecule has 118 valence electrons. The molecule has 1 aromatic rings. The summed E-state index contributed by atoms with van der Waals surface area (Å²) >= 11 is 0. The van der Waals surface area contributed by atoms with E-state index in [-0.39, 0.29) is 0 Å². The normalized spacial score (nSPS) is 26.1. The van der Waals surface area contributed by atoms with Crippen LogP contribution in [-0.2, 0) is 6.54 Å². The molecule has 0 spiro atoms. The van der Waals surface area contributed by atoms with E-state index in [9.17, 15) is 0 Å². The minimum Gasteiger partial charge on any atom is -0.474 e. The van der Waals surface area contributed by atoms with Gasteiger partial charge in [0, 0.05) is 24.3 Å². The highest BCUT2D eigenvalue weighted by Crippen LogP contribution is 2.31. The maximum absolute atomic E-state index is 6.19. The first-order valence-electron chi connectivity index (χ1n) is 8.30. The van der Waals surface area contributed by atoms with E-state index in [4.69, 9.17) is 4.74 Å². The molecule has 0 saturated heterocycles. The molecule has 21 heavy (non-hydrogen) atoms. The lowest BCUT2D eigenvalue weighted by Gasteiger charge is -2.31. The molecule has 1 fully saturated rings. The molecule has 1 aliphatic rings. The molecule has 1 aromatic heterocycles. The van der Waals surface area contributed by atoms with Gasteiger partial charge in [0.15, 0.2) is 0 Å². The van der Waals surface area contributed by atoms with Gasteiger partial charge in [0.05, 0.1) is 0 Å². The summed E-state index contributed by atoms with van der Waals surface area (Å²) in [4.78, 5) is 4.56. The first-order chi connectivity index (χ1) is 9.92. The number of nitrogens with zero attached hydrogens (tertiary/aromatic N) is 1. The zero-order valence-corrected chi connectivity index (χ0v) is 14.1. The SMILES string of the molecule is Cc1cc(CNC(C)C)cc(OC2CC(C)CC(C)C2)n1. The first-order valence-corrected chi connectivity index (χ1v) is 8.30. The molecule has 2 rings (SSSR count). The number of rotatable bonds is 5. The molecule has 1 saturated carbocycles. The molecule has 2 atom stereocenters. The lowest BCUT2D eigenvalue weighted by atomic mass is 9.82. The van der Waals surface area contributed by atoms with Crippen molar-refractivity contribution in [3.8, 4) is 5.88 Å². The average Bonchev–Trinajstić information content (AvgIpc) is 2.34. The van der Waals surface area contributed by atoms with E-state index in [1.807, 2.05) is 6.92 Å². The van der Waals surface area contributed by atoms with E-state index in [1.54, 1.807) is 0 Å². The van der Waals surface area contributed by atoms with Crippen molar-refractivity contribution in [1.82, 2.24) is 10.3 Å². The van der Waals surface area contributed by atoms with Crippen LogP contribution in [0.3, 0.4) is 0 Å². The Kier molecular flexibility index (Phi) is 5.63. The molecule has 0 aromatic carbocycles. The van der Waals surface area contributed by atoms with Crippen molar-refractivity contribution in [3.05, 3.63) is 23.4 Å². The Balaban J connectivity index is 2.02. The molecule has 2 unspecified atom stereocenters. The summed E-state index contributed by atoms with van der Waals surface area (Å²) in [6, 6.07) is 4.71. The molecular weight excluding hydrogens is 260 g/mol. The quantitative estimate of drug-likeness (QED) is 0.887. The van der Waals surface area contributed by atoms with E-state index in [0.717, 1.165) is 42.8 Å². The van der Waals surface area contributed by atoms with E-state index in [0.29, 0.717) is 12.1 Å². The third-order valence-corrected chi connectivity index (χ3v) is 4.13. The number of hydrogen-bond acceptors (Lipinski definition) is 3. The molecule has 0 amide bonds. The van der Waals surface area contributed by atoms with Crippen molar-refractivity contribution in [2.45, 2.75) is 72.6 Å². The van der Waals surface area contributed by atoms with Gasteiger partial charge >= 0.3 is 0 Å². The highest BCUT2D eigenvalue weighted by molar-refractivity contribution is 5.25. The van der Waals surface area contributed by atoms with Crippen molar-refractivity contribution in [2.24, 2.45) is 11.8 Å². The Morgan fingerprint density at radius 3 is 2.48 bits per heavy atom. The van der Waals surface area contributed by atoms with Gasteiger partial charge in [0.1, 0.15) is 6.10 Å². The summed E-state index contributed by atoms with van der Waals surface area (Å²) < 4.78 is 6.19. The summed E-state index contributed by atoms with van der Waals surface area (Å²) in [5.74, 6) is 2.30. The van der Waals surface area contributed by atoms with Crippen molar-refractivity contribution in [3.63, 3.8) is 0 Å². The minimum atomic E-state index is 0.323. The second-order valence-electron chi connectivity index (χ2n) is 7.15. The first kappa shape index (κ1) is 16.3. The number of pyridine rings is 1. The number of ether oxygens (including phenoxy) is 1. The second kappa shape index (κ2) is 7.26.